The third kappa shape index (κ3) is 2.99. The second kappa shape index (κ2) is 4.95. The molecule has 0 saturated heterocycles. The average molecular weight is 213 g/mol. The largest absolute Gasteiger partial charge is 0.429 e. The predicted octanol–water partition coefficient (Wildman–Crippen LogP) is 1.99. The zero-order valence-corrected chi connectivity index (χ0v) is 9.49. The summed E-state index contributed by atoms with van der Waals surface area (Å²) >= 11 is 5.03. The van der Waals surface area contributed by atoms with Gasteiger partial charge in [0.15, 0.2) is 5.11 Å². The Labute approximate surface area is 89.1 Å². The first-order valence-electron chi connectivity index (χ1n) is 4.62. The number of aromatic nitrogens is 1. The van der Waals surface area contributed by atoms with Crippen LogP contribution in [0.3, 0.4) is 0 Å². The van der Waals surface area contributed by atoms with Gasteiger partial charge in [-0.05, 0) is 32.5 Å². The summed E-state index contributed by atoms with van der Waals surface area (Å²) in [7, 11) is 0. The summed E-state index contributed by atoms with van der Waals surface area (Å²) in [5.74, 6) is 0.811. The molecule has 1 rings (SSSR count). The fraction of sp³-hybridized carbons (Fsp3) is 0.556. The van der Waals surface area contributed by atoms with Crippen LogP contribution in [0.2, 0.25) is 0 Å². The van der Waals surface area contributed by atoms with E-state index in [0.717, 1.165) is 24.4 Å². The van der Waals surface area contributed by atoms with E-state index in [9.17, 15) is 0 Å². The Hall–Kier alpha value is -1.10. The van der Waals surface area contributed by atoms with Crippen LogP contribution in [0.25, 0.3) is 0 Å². The quantitative estimate of drug-likeness (QED) is 0.752. The van der Waals surface area contributed by atoms with E-state index in [1.54, 1.807) is 0 Å². The van der Waals surface area contributed by atoms with Crippen molar-refractivity contribution in [2.45, 2.75) is 27.2 Å². The summed E-state index contributed by atoms with van der Waals surface area (Å²) in [6, 6.07) is 0.452. The molecule has 0 fully saturated rings. The van der Waals surface area contributed by atoms with Gasteiger partial charge in [-0.1, -0.05) is 6.92 Å². The molecule has 0 aromatic carbocycles. The number of nitrogens with zero attached hydrogens (tertiary/aromatic N) is 1. The number of rotatable bonds is 3. The van der Waals surface area contributed by atoms with Gasteiger partial charge in [0, 0.05) is 6.54 Å². The minimum absolute atomic E-state index is 0.452. The number of anilines is 1. The van der Waals surface area contributed by atoms with Gasteiger partial charge in [0.25, 0.3) is 0 Å². The summed E-state index contributed by atoms with van der Waals surface area (Å²) in [5, 5.41) is 6.46. The molecule has 1 aromatic rings. The molecule has 1 aromatic heterocycles. The number of thiocarbonyl (C=S) groups is 1. The van der Waals surface area contributed by atoms with E-state index in [-0.39, 0.29) is 0 Å². The van der Waals surface area contributed by atoms with Crippen LogP contribution >= 0.6 is 12.2 Å². The van der Waals surface area contributed by atoms with Crippen LogP contribution < -0.4 is 10.6 Å². The van der Waals surface area contributed by atoms with Crippen molar-refractivity contribution < 1.29 is 4.42 Å². The second-order valence-corrected chi connectivity index (χ2v) is 3.45. The normalized spacial score (nSPS) is 9.93. The Morgan fingerprint density at radius 1 is 1.50 bits per heavy atom. The van der Waals surface area contributed by atoms with Crippen LogP contribution in [0.1, 0.15) is 24.8 Å². The number of aryl methyl sites for hydroxylation is 2. The summed E-state index contributed by atoms with van der Waals surface area (Å²) < 4.78 is 5.32. The third-order valence-electron chi connectivity index (χ3n) is 1.78. The topological polar surface area (TPSA) is 50.1 Å². The van der Waals surface area contributed by atoms with E-state index in [1.165, 1.54) is 0 Å². The maximum absolute atomic E-state index is 5.32. The average Bonchev–Trinajstić information content (AvgIpc) is 2.42. The molecule has 14 heavy (non-hydrogen) atoms. The SMILES string of the molecule is CCCNC(=S)Nc1nc(C)c(C)o1. The molecular formula is C9H15N3OS. The molecule has 5 heteroatoms. The first-order valence-corrected chi connectivity index (χ1v) is 5.03. The standard InChI is InChI=1S/C9H15N3OS/c1-4-5-10-9(14)12-8-11-6(2)7(3)13-8/h4-5H2,1-3H3,(H2,10,11,12,14). The van der Waals surface area contributed by atoms with E-state index >= 15 is 0 Å². The van der Waals surface area contributed by atoms with Gasteiger partial charge < -0.3 is 9.73 Å². The number of hydrogen-bond donors (Lipinski definition) is 2. The smallest absolute Gasteiger partial charge is 0.301 e. The van der Waals surface area contributed by atoms with E-state index in [0.29, 0.717) is 11.1 Å². The first kappa shape index (κ1) is 11.0. The molecule has 4 nitrogen and oxygen atoms in total. The van der Waals surface area contributed by atoms with Gasteiger partial charge in [-0.15, -0.1) is 0 Å². The zero-order chi connectivity index (χ0) is 10.6. The van der Waals surface area contributed by atoms with E-state index in [4.69, 9.17) is 16.6 Å². The lowest BCUT2D eigenvalue weighted by Crippen LogP contribution is -2.28. The van der Waals surface area contributed by atoms with Gasteiger partial charge in [0.1, 0.15) is 5.76 Å². The maximum Gasteiger partial charge on any atom is 0.301 e. The van der Waals surface area contributed by atoms with Crippen LogP contribution in [0.5, 0.6) is 0 Å². The summed E-state index contributed by atoms with van der Waals surface area (Å²) in [6.45, 7) is 6.70. The van der Waals surface area contributed by atoms with Crippen LogP contribution in [0.4, 0.5) is 6.01 Å². The molecule has 0 atom stereocenters. The first-order chi connectivity index (χ1) is 6.63. The van der Waals surface area contributed by atoms with Crippen LogP contribution in [-0.4, -0.2) is 16.6 Å². The summed E-state index contributed by atoms with van der Waals surface area (Å²) in [5.41, 5.74) is 0.880. The molecule has 0 spiro atoms. The molecule has 2 N–H and O–H groups in total. The molecule has 0 aliphatic heterocycles. The Morgan fingerprint density at radius 2 is 2.21 bits per heavy atom. The van der Waals surface area contributed by atoms with Gasteiger partial charge in [-0.25, -0.2) is 0 Å². The van der Waals surface area contributed by atoms with E-state index in [1.807, 2.05) is 13.8 Å². The van der Waals surface area contributed by atoms with E-state index < -0.39 is 0 Å². The van der Waals surface area contributed by atoms with Gasteiger partial charge in [0.2, 0.25) is 0 Å². The van der Waals surface area contributed by atoms with Crippen molar-refractivity contribution >= 4 is 23.3 Å². The highest BCUT2D eigenvalue weighted by molar-refractivity contribution is 7.80. The Bertz CT molecular complexity index is 302. The molecular weight excluding hydrogens is 198 g/mol. The summed E-state index contributed by atoms with van der Waals surface area (Å²) in [6.07, 6.45) is 1.03. The van der Waals surface area contributed by atoms with Crippen molar-refractivity contribution in [3.8, 4) is 0 Å². The minimum atomic E-state index is 0.452. The fourth-order valence-electron chi connectivity index (χ4n) is 0.906. The van der Waals surface area contributed by atoms with Gasteiger partial charge in [0.05, 0.1) is 5.69 Å². The molecule has 0 bridgehead atoms. The third-order valence-corrected chi connectivity index (χ3v) is 2.03. The lowest BCUT2D eigenvalue weighted by Gasteiger charge is -2.05. The van der Waals surface area contributed by atoms with Crippen molar-refractivity contribution in [2.75, 3.05) is 11.9 Å². The Morgan fingerprint density at radius 3 is 2.71 bits per heavy atom. The Balaban J connectivity index is 2.48. The van der Waals surface area contributed by atoms with E-state index in [2.05, 4.69) is 22.5 Å². The summed E-state index contributed by atoms with van der Waals surface area (Å²) in [4.78, 5) is 4.15. The number of hydrogen-bond acceptors (Lipinski definition) is 3. The van der Waals surface area contributed by atoms with Crippen molar-refractivity contribution in [1.82, 2.24) is 10.3 Å². The van der Waals surface area contributed by atoms with Crippen LogP contribution in [0.15, 0.2) is 4.42 Å². The molecule has 0 unspecified atom stereocenters. The van der Waals surface area contributed by atoms with Crippen molar-refractivity contribution in [2.24, 2.45) is 0 Å². The molecule has 1 heterocycles. The van der Waals surface area contributed by atoms with Crippen LogP contribution in [-0.2, 0) is 0 Å². The van der Waals surface area contributed by atoms with Crippen molar-refractivity contribution in [1.29, 1.82) is 0 Å². The maximum atomic E-state index is 5.32. The van der Waals surface area contributed by atoms with Gasteiger partial charge in [-0.3, -0.25) is 5.32 Å². The number of nitrogens with one attached hydrogen (secondary N) is 2. The molecule has 0 aliphatic rings. The highest BCUT2D eigenvalue weighted by Crippen LogP contribution is 2.12. The highest BCUT2D eigenvalue weighted by Gasteiger charge is 2.05. The molecule has 78 valence electrons. The van der Waals surface area contributed by atoms with Crippen molar-refractivity contribution in [3.05, 3.63) is 11.5 Å². The Kier molecular flexibility index (Phi) is 3.88. The predicted molar refractivity (Wildman–Crippen MR) is 60.5 cm³/mol. The lowest BCUT2D eigenvalue weighted by molar-refractivity contribution is 0.544. The highest BCUT2D eigenvalue weighted by atomic mass is 32.1. The van der Waals surface area contributed by atoms with Gasteiger partial charge in [-0.2, -0.15) is 4.98 Å². The van der Waals surface area contributed by atoms with Gasteiger partial charge >= 0.3 is 6.01 Å². The second-order valence-electron chi connectivity index (χ2n) is 3.04. The molecule has 0 radical (unpaired) electrons. The van der Waals surface area contributed by atoms with Crippen LogP contribution in [0, 0.1) is 13.8 Å². The van der Waals surface area contributed by atoms with Crippen molar-refractivity contribution in [3.63, 3.8) is 0 Å². The monoisotopic (exact) mass is 213 g/mol. The molecule has 0 aliphatic carbocycles. The number of oxazole rings is 1. The molecule has 0 saturated carbocycles. The zero-order valence-electron chi connectivity index (χ0n) is 8.68. The lowest BCUT2D eigenvalue weighted by atomic mass is 10.4. The fourth-order valence-corrected chi connectivity index (χ4v) is 1.10. The molecule has 0 amide bonds. The minimum Gasteiger partial charge on any atom is -0.429 e.